The zero-order chi connectivity index (χ0) is 16.4. The van der Waals surface area contributed by atoms with E-state index in [2.05, 4.69) is 10.3 Å². The van der Waals surface area contributed by atoms with Crippen LogP contribution < -0.4 is 5.32 Å². The Morgan fingerprint density at radius 2 is 1.74 bits per heavy atom. The minimum Gasteiger partial charge on any atom is -0.349 e. The summed E-state index contributed by atoms with van der Waals surface area (Å²) < 4.78 is 0. The van der Waals surface area contributed by atoms with Crippen LogP contribution in [0.2, 0.25) is 0 Å². The number of anilines is 2. The number of pyridine rings is 1. The van der Waals surface area contributed by atoms with Crippen molar-refractivity contribution in [3.05, 3.63) is 75.0 Å². The van der Waals surface area contributed by atoms with E-state index in [0.717, 1.165) is 17.0 Å². The summed E-state index contributed by atoms with van der Waals surface area (Å²) >= 11 is 0. The second kappa shape index (κ2) is 5.68. The number of hydrogen-bond acceptors (Lipinski definition) is 6. The molecule has 0 saturated heterocycles. The Hall–Kier alpha value is -3.55. The van der Waals surface area contributed by atoms with Gasteiger partial charge in [0.2, 0.25) is 0 Å². The normalized spacial score (nSPS) is 10.4. The Kier molecular flexibility index (Phi) is 3.55. The quantitative estimate of drug-likeness (QED) is 0.579. The molecule has 1 heterocycles. The van der Waals surface area contributed by atoms with Crippen molar-refractivity contribution in [2.75, 3.05) is 5.32 Å². The van der Waals surface area contributed by atoms with Crippen LogP contribution in [-0.4, -0.2) is 14.8 Å². The zero-order valence-electron chi connectivity index (χ0n) is 11.7. The highest BCUT2D eigenvalue weighted by molar-refractivity contribution is 5.83. The molecular weight excluding hydrogens is 300 g/mol. The van der Waals surface area contributed by atoms with Gasteiger partial charge in [-0.15, -0.1) is 0 Å². The van der Waals surface area contributed by atoms with Crippen molar-refractivity contribution in [2.45, 2.75) is 0 Å². The number of nitrogens with zero attached hydrogens (tertiary/aromatic N) is 3. The van der Waals surface area contributed by atoms with Crippen molar-refractivity contribution >= 4 is 33.7 Å². The third-order valence-electron chi connectivity index (χ3n) is 3.26. The van der Waals surface area contributed by atoms with Gasteiger partial charge in [-0.05, 0) is 18.2 Å². The third kappa shape index (κ3) is 2.91. The van der Waals surface area contributed by atoms with E-state index in [4.69, 9.17) is 0 Å². The molecule has 0 spiro atoms. The standard InChI is InChI=1S/C15H10N4O4/c20-18(21)12-5-6-14(15(8-12)19(22)23)17-11-7-10-3-1-2-4-13(10)16-9-11/h1-9,17H. The van der Waals surface area contributed by atoms with Gasteiger partial charge in [-0.3, -0.25) is 25.2 Å². The van der Waals surface area contributed by atoms with Crippen LogP contribution in [0.25, 0.3) is 10.9 Å². The lowest BCUT2D eigenvalue weighted by Gasteiger charge is -2.07. The minimum atomic E-state index is -0.672. The summed E-state index contributed by atoms with van der Waals surface area (Å²) in [6.07, 6.45) is 1.55. The Morgan fingerprint density at radius 1 is 0.957 bits per heavy atom. The summed E-state index contributed by atoms with van der Waals surface area (Å²) in [6.45, 7) is 0. The number of fused-ring (bicyclic) bond motifs is 1. The first-order valence-corrected chi connectivity index (χ1v) is 6.59. The Balaban J connectivity index is 2.00. The zero-order valence-corrected chi connectivity index (χ0v) is 11.7. The predicted molar refractivity (Wildman–Crippen MR) is 84.8 cm³/mol. The van der Waals surface area contributed by atoms with E-state index in [1.54, 1.807) is 12.3 Å². The molecule has 0 unspecified atom stereocenters. The molecule has 3 rings (SSSR count). The minimum absolute atomic E-state index is 0.165. The van der Waals surface area contributed by atoms with Gasteiger partial charge >= 0.3 is 0 Å². The molecule has 1 aromatic heterocycles. The van der Waals surface area contributed by atoms with E-state index in [1.807, 2.05) is 24.3 Å². The molecule has 0 amide bonds. The third-order valence-corrected chi connectivity index (χ3v) is 3.26. The van der Waals surface area contributed by atoms with Gasteiger partial charge in [0.15, 0.2) is 0 Å². The van der Waals surface area contributed by atoms with Gasteiger partial charge in [0.1, 0.15) is 5.69 Å². The number of hydrogen-bond donors (Lipinski definition) is 1. The van der Waals surface area contributed by atoms with Gasteiger partial charge in [-0.25, -0.2) is 0 Å². The molecule has 8 nitrogen and oxygen atoms in total. The van der Waals surface area contributed by atoms with Gasteiger partial charge in [0.25, 0.3) is 11.4 Å². The first-order valence-electron chi connectivity index (χ1n) is 6.59. The van der Waals surface area contributed by atoms with Crippen molar-refractivity contribution in [1.29, 1.82) is 0 Å². The second-order valence-electron chi connectivity index (χ2n) is 4.76. The molecule has 0 bridgehead atoms. The van der Waals surface area contributed by atoms with Crippen LogP contribution in [-0.2, 0) is 0 Å². The van der Waals surface area contributed by atoms with Crippen LogP contribution in [0.4, 0.5) is 22.7 Å². The average molecular weight is 310 g/mol. The predicted octanol–water partition coefficient (Wildman–Crippen LogP) is 3.79. The molecule has 0 fully saturated rings. The number of para-hydroxylation sites is 1. The molecule has 2 aromatic carbocycles. The van der Waals surface area contributed by atoms with Gasteiger partial charge in [-0.1, -0.05) is 18.2 Å². The topological polar surface area (TPSA) is 111 Å². The Morgan fingerprint density at radius 3 is 2.48 bits per heavy atom. The average Bonchev–Trinajstić information content (AvgIpc) is 2.54. The first kappa shape index (κ1) is 14.4. The molecule has 0 aliphatic heterocycles. The maximum Gasteiger partial charge on any atom is 0.299 e. The summed E-state index contributed by atoms with van der Waals surface area (Å²) in [4.78, 5) is 24.8. The van der Waals surface area contributed by atoms with Crippen LogP contribution in [0, 0.1) is 20.2 Å². The van der Waals surface area contributed by atoms with Gasteiger partial charge < -0.3 is 5.32 Å². The fourth-order valence-corrected chi connectivity index (χ4v) is 2.19. The number of nitro benzene ring substituents is 2. The van der Waals surface area contributed by atoms with Crippen LogP contribution in [0.5, 0.6) is 0 Å². The van der Waals surface area contributed by atoms with E-state index >= 15 is 0 Å². The van der Waals surface area contributed by atoms with Crippen molar-refractivity contribution in [3.63, 3.8) is 0 Å². The highest BCUT2D eigenvalue weighted by atomic mass is 16.6. The van der Waals surface area contributed by atoms with E-state index < -0.39 is 9.85 Å². The van der Waals surface area contributed by atoms with Crippen LogP contribution in [0.1, 0.15) is 0 Å². The highest BCUT2D eigenvalue weighted by Gasteiger charge is 2.19. The van der Waals surface area contributed by atoms with E-state index in [-0.39, 0.29) is 17.1 Å². The van der Waals surface area contributed by atoms with Gasteiger partial charge in [-0.2, -0.15) is 0 Å². The summed E-state index contributed by atoms with van der Waals surface area (Å²) in [5.74, 6) is 0. The molecule has 23 heavy (non-hydrogen) atoms. The second-order valence-corrected chi connectivity index (χ2v) is 4.76. The molecule has 0 saturated carbocycles. The van der Waals surface area contributed by atoms with Crippen molar-refractivity contribution in [1.82, 2.24) is 4.98 Å². The summed E-state index contributed by atoms with van der Waals surface area (Å²) in [5.41, 5.74) is 0.820. The number of benzene rings is 2. The smallest absolute Gasteiger partial charge is 0.299 e. The molecule has 8 heteroatoms. The largest absolute Gasteiger partial charge is 0.349 e. The highest BCUT2D eigenvalue weighted by Crippen LogP contribution is 2.31. The Bertz CT molecular complexity index is 926. The number of aromatic nitrogens is 1. The van der Waals surface area contributed by atoms with E-state index in [9.17, 15) is 20.2 Å². The van der Waals surface area contributed by atoms with Crippen LogP contribution in [0.3, 0.4) is 0 Å². The number of nitrogens with one attached hydrogen (secondary N) is 1. The van der Waals surface area contributed by atoms with Crippen molar-refractivity contribution in [2.24, 2.45) is 0 Å². The lowest BCUT2D eigenvalue weighted by Crippen LogP contribution is -1.99. The maximum atomic E-state index is 11.1. The lowest BCUT2D eigenvalue weighted by atomic mass is 10.2. The fraction of sp³-hybridized carbons (Fsp3) is 0. The molecule has 0 aliphatic rings. The fourth-order valence-electron chi connectivity index (χ4n) is 2.19. The molecular formula is C15H10N4O4. The molecule has 0 radical (unpaired) electrons. The molecule has 0 aliphatic carbocycles. The van der Waals surface area contributed by atoms with Gasteiger partial charge in [0.05, 0.1) is 33.3 Å². The summed E-state index contributed by atoms with van der Waals surface area (Å²) in [7, 11) is 0. The molecule has 0 atom stereocenters. The Labute approximate surface area is 129 Å². The lowest BCUT2D eigenvalue weighted by molar-refractivity contribution is -0.393. The van der Waals surface area contributed by atoms with E-state index in [0.29, 0.717) is 5.69 Å². The number of rotatable bonds is 4. The summed E-state index contributed by atoms with van der Waals surface area (Å²) in [5, 5.41) is 25.6. The maximum absolute atomic E-state index is 11.1. The summed E-state index contributed by atoms with van der Waals surface area (Å²) in [6, 6.07) is 12.7. The van der Waals surface area contributed by atoms with Crippen LogP contribution in [0.15, 0.2) is 54.7 Å². The number of non-ortho nitro benzene ring substituents is 1. The first-order chi connectivity index (χ1) is 11.0. The monoisotopic (exact) mass is 310 g/mol. The number of nitro groups is 2. The van der Waals surface area contributed by atoms with Gasteiger partial charge in [0, 0.05) is 11.5 Å². The molecule has 114 valence electrons. The van der Waals surface area contributed by atoms with Crippen molar-refractivity contribution < 1.29 is 9.85 Å². The van der Waals surface area contributed by atoms with E-state index in [1.165, 1.54) is 12.1 Å². The SMILES string of the molecule is O=[N+]([O-])c1ccc(Nc2cnc3ccccc3c2)c([N+](=O)[O-])c1. The van der Waals surface area contributed by atoms with Crippen molar-refractivity contribution in [3.8, 4) is 0 Å². The van der Waals surface area contributed by atoms with Crippen LogP contribution >= 0.6 is 0 Å². The molecule has 3 aromatic rings. The molecule has 1 N–H and O–H groups in total.